The van der Waals surface area contributed by atoms with E-state index in [1.54, 1.807) is 6.07 Å². The summed E-state index contributed by atoms with van der Waals surface area (Å²) in [6.07, 6.45) is 2.24. The zero-order valence-corrected chi connectivity index (χ0v) is 10.6. The van der Waals surface area contributed by atoms with Gasteiger partial charge in [0.05, 0.1) is 12.6 Å². The highest BCUT2D eigenvalue weighted by Crippen LogP contribution is 2.20. The maximum atomic E-state index is 10.6. The Hall–Kier alpha value is -1.40. The molecule has 6 nitrogen and oxygen atoms in total. The molecule has 1 aliphatic heterocycles. The van der Waals surface area contributed by atoms with Crippen LogP contribution < -0.4 is 5.32 Å². The second-order valence-electron chi connectivity index (χ2n) is 4.54. The Labute approximate surface area is 106 Å². The molecule has 0 bridgehead atoms. The molecular formula is C12H19N3O3. The van der Waals surface area contributed by atoms with Crippen molar-refractivity contribution < 1.29 is 9.34 Å². The van der Waals surface area contributed by atoms with Gasteiger partial charge in [0, 0.05) is 6.04 Å². The molecule has 100 valence electrons. The van der Waals surface area contributed by atoms with E-state index >= 15 is 0 Å². The van der Waals surface area contributed by atoms with Gasteiger partial charge < -0.3 is 9.73 Å². The van der Waals surface area contributed by atoms with Crippen LogP contribution in [0, 0.1) is 10.1 Å². The van der Waals surface area contributed by atoms with Crippen molar-refractivity contribution in [1.29, 1.82) is 0 Å². The molecule has 0 amide bonds. The number of furan rings is 1. The van der Waals surface area contributed by atoms with Crippen LogP contribution in [0.1, 0.15) is 25.5 Å². The van der Waals surface area contributed by atoms with Gasteiger partial charge in [-0.3, -0.25) is 15.0 Å². The van der Waals surface area contributed by atoms with Crippen molar-refractivity contribution >= 4 is 5.88 Å². The Morgan fingerprint density at radius 1 is 1.50 bits per heavy atom. The average Bonchev–Trinajstić information content (AvgIpc) is 2.86. The summed E-state index contributed by atoms with van der Waals surface area (Å²) in [4.78, 5) is 12.4. The van der Waals surface area contributed by atoms with E-state index in [0.717, 1.165) is 32.5 Å². The molecular weight excluding hydrogens is 234 g/mol. The van der Waals surface area contributed by atoms with Gasteiger partial charge in [-0.2, -0.15) is 0 Å². The lowest BCUT2D eigenvalue weighted by molar-refractivity contribution is -0.402. The van der Waals surface area contributed by atoms with Crippen LogP contribution in [0.25, 0.3) is 0 Å². The first-order chi connectivity index (χ1) is 8.70. The van der Waals surface area contributed by atoms with Crippen LogP contribution in [0.3, 0.4) is 0 Å². The number of piperidine rings is 1. The summed E-state index contributed by atoms with van der Waals surface area (Å²) in [5.74, 6) is 0.494. The molecule has 0 radical (unpaired) electrons. The largest absolute Gasteiger partial charge is 0.433 e. The molecule has 1 aromatic heterocycles. The van der Waals surface area contributed by atoms with Gasteiger partial charge in [-0.15, -0.1) is 0 Å². The molecule has 2 rings (SSSR count). The minimum Gasteiger partial charge on any atom is -0.404 e. The Bertz CT molecular complexity index is 399. The summed E-state index contributed by atoms with van der Waals surface area (Å²) < 4.78 is 5.21. The van der Waals surface area contributed by atoms with Crippen LogP contribution in [-0.4, -0.2) is 35.5 Å². The zero-order valence-electron chi connectivity index (χ0n) is 10.6. The summed E-state index contributed by atoms with van der Waals surface area (Å²) in [5, 5.41) is 13.9. The van der Waals surface area contributed by atoms with Crippen LogP contribution in [0.4, 0.5) is 5.88 Å². The van der Waals surface area contributed by atoms with E-state index < -0.39 is 4.92 Å². The van der Waals surface area contributed by atoms with Gasteiger partial charge in [-0.1, -0.05) is 6.92 Å². The lowest BCUT2D eigenvalue weighted by atomic mass is 10.0. The standard InChI is InChI=1S/C12H19N3O3/c1-2-14(10-5-7-13-8-6-10)9-11-3-4-12(18-11)15(16)17/h3-4,10,13H,2,5-9H2,1H3. The van der Waals surface area contributed by atoms with Crippen LogP contribution in [0.15, 0.2) is 16.5 Å². The number of hydrogen-bond acceptors (Lipinski definition) is 5. The van der Waals surface area contributed by atoms with Crippen molar-refractivity contribution in [3.63, 3.8) is 0 Å². The van der Waals surface area contributed by atoms with Gasteiger partial charge in [0.25, 0.3) is 0 Å². The monoisotopic (exact) mass is 253 g/mol. The van der Waals surface area contributed by atoms with E-state index in [2.05, 4.69) is 17.1 Å². The molecule has 18 heavy (non-hydrogen) atoms. The second kappa shape index (κ2) is 5.97. The normalized spacial score (nSPS) is 17.2. The molecule has 0 aliphatic carbocycles. The third kappa shape index (κ3) is 3.08. The molecule has 1 aliphatic rings. The second-order valence-corrected chi connectivity index (χ2v) is 4.54. The molecule has 2 heterocycles. The lowest BCUT2D eigenvalue weighted by Gasteiger charge is -2.33. The van der Waals surface area contributed by atoms with Crippen molar-refractivity contribution in [3.05, 3.63) is 28.0 Å². The molecule has 1 saturated heterocycles. The summed E-state index contributed by atoms with van der Waals surface area (Å²) in [5.41, 5.74) is 0. The Balaban J connectivity index is 1.97. The maximum Gasteiger partial charge on any atom is 0.433 e. The third-order valence-electron chi connectivity index (χ3n) is 3.42. The first-order valence-corrected chi connectivity index (χ1v) is 6.38. The summed E-state index contributed by atoms with van der Waals surface area (Å²) in [7, 11) is 0. The van der Waals surface area contributed by atoms with Crippen molar-refractivity contribution in [1.82, 2.24) is 10.2 Å². The van der Waals surface area contributed by atoms with Crippen LogP contribution in [-0.2, 0) is 6.54 Å². The van der Waals surface area contributed by atoms with Gasteiger partial charge in [0.1, 0.15) is 10.7 Å². The zero-order chi connectivity index (χ0) is 13.0. The molecule has 1 fully saturated rings. The van der Waals surface area contributed by atoms with Gasteiger partial charge in [-0.25, -0.2) is 0 Å². The summed E-state index contributed by atoms with van der Waals surface area (Å²) >= 11 is 0. The minimum atomic E-state index is -0.496. The Morgan fingerprint density at radius 2 is 2.22 bits per heavy atom. The van der Waals surface area contributed by atoms with E-state index in [1.807, 2.05) is 0 Å². The smallest absolute Gasteiger partial charge is 0.404 e. The molecule has 0 spiro atoms. The molecule has 1 aromatic rings. The topological polar surface area (TPSA) is 71.5 Å². The highest BCUT2D eigenvalue weighted by Gasteiger charge is 2.21. The quantitative estimate of drug-likeness (QED) is 0.639. The van der Waals surface area contributed by atoms with E-state index in [1.165, 1.54) is 6.07 Å². The van der Waals surface area contributed by atoms with Gasteiger partial charge in [0.2, 0.25) is 0 Å². The minimum absolute atomic E-state index is 0.175. The number of nitrogens with one attached hydrogen (secondary N) is 1. The third-order valence-corrected chi connectivity index (χ3v) is 3.42. The van der Waals surface area contributed by atoms with Gasteiger partial charge >= 0.3 is 5.88 Å². The molecule has 0 aromatic carbocycles. The fourth-order valence-electron chi connectivity index (χ4n) is 2.42. The maximum absolute atomic E-state index is 10.6. The van der Waals surface area contributed by atoms with E-state index in [-0.39, 0.29) is 5.88 Å². The Kier molecular flexibility index (Phi) is 4.33. The number of hydrogen-bond donors (Lipinski definition) is 1. The fraction of sp³-hybridized carbons (Fsp3) is 0.667. The summed E-state index contributed by atoms with van der Waals surface area (Å²) in [6.45, 7) is 5.77. The van der Waals surface area contributed by atoms with Crippen molar-refractivity contribution in [2.24, 2.45) is 0 Å². The molecule has 6 heteroatoms. The average molecular weight is 253 g/mol. The van der Waals surface area contributed by atoms with Crippen LogP contribution in [0.5, 0.6) is 0 Å². The number of nitro groups is 1. The van der Waals surface area contributed by atoms with E-state index in [0.29, 0.717) is 18.3 Å². The lowest BCUT2D eigenvalue weighted by Crippen LogP contribution is -2.42. The highest BCUT2D eigenvalue weighted by atomic mass is 16.6. The molecule has 0 unspecified atom stereocenters. The van der Waals surface area contributed by atoms with Crippen LogP contribution in [0.2, 0.25) is 0 Å². The highest BCUT2D eigenvalue weighted by molar-refractivity contribution is 5.17. The van der Waals surface area contributed by atoms with Crippen LogP contribution >= 0.6 is 0 Å². The first-order valence-electron chi connectivity index (χ1n) is 6.38. The number of rotatable bonds is 5. The summed E-state index contributed by atoms with van der Waals surface area (Å²) in [6, 6.07) is 3.66. The first kappa shape index (κ1) is 13.0. The number of nitrogens with zero attached hydrogens (tertiary/aromatic N) is 2. The molecule has 0 saturated carbocycles. The van der Waals surface area contributed by atoms with E-state index in [9.17, 15) is 10.1 Å². The van der Waals surface area contributed by atoms with Crippen molar-refractivity contribution in [3.8, 4) is 0 Å². The van der Waals surface area contributed by atoms with Gasteiger partial charge in [0.15, 0.2) is 0 Å². The predicted octanol–water partition coefficient (Wildman–Crippen LogP) is 1.76. The van der Waals surface area contributed by atoms with Gasteiger partial charge in [-0.05, 0) is 38.5 Å². The molecule has 0 atom stereocenters. The Morgan fingerprint density at radius 3 is 2.78 bits per heavy atom. The fourth-order valence-corrected chi connectivity index (χ4v) is 2.42. The molecule has 1 N–H and O–H groups in total. The van der Waals surface area contributed by atoms with Crippen molar-refractivity contribution in [2.75, 3.05) is 19.6 Å². The predicted molar refractivity (Wildman–Crippen MR) is 67.3 cm³/mol. The SMILES string of the molecule is CCN(Cc1ccc([N+](=O)[O-])o1)C1CCNCC1. The van der Waals surface area contributed by atoms with Crippen molar-refractivity contribution in [2.45, 2.75) is 32.4 Å². The van der Waals surface area contributed by atoms with E-state index in [4.69, 9.17) is 4.42 Å².